The van der Waals surface area contributed by atoms with Gasteiger partial charge in [-0.3, -0.25) is 4.55 Å². The van der Waals surface area contributed by atoms with Gasteiger partial charge in [0.2, 0.25) is 0 Å². The van der Waals surface area contributed by atoms with Crippen LogP contribution in [-0.4, -0.2) is 19.6 Å². The van der Waals surface area contributed by atoms with E-state index in [0.717, 1.165) is 19.3 Å². The van der Waals surface area contributed by atoms with E-state index < -0.39 is 10.4 Å². The van der Waals surface area contributed by atoms with Gasteiger partial charge in [0.1, 0.15) is 0 Å². The largest absolute Gasteiger partial charge is 0.397 e. The van der Waals surface area contributed by atoms with E-state index in [-0.39, 0.29) is 12.5 Å². The Bertz CT molecular complexity index is 588. The van der Waals surface area contributed by atoms with Gasteiger partial charge in [-0.1, -0.05) is 180 Å². The summed E-state index contributed by atoms with van der Waals surface area (Å²) >= 11 is 0. The second-order valence-corrected chi connectivity index (χ2v) is 12.7. The van der Waals surface area contributed by atoms with Crippen molar-refractivity contribution in [3.05, 3.63) is 12.2 Å². The van der Waals surface area contributed by atoms with Gasteiger partial charge < -0.3 is 0 Å². The lowest BCUT2D eigenvalue weighted by Gasteiger charge is -2.12. The van der Waals surface area contributed by atoms with Gasteiger partial charge in [-0.25, -0.2) is 4.18 Å². The molecule has 228 valence electrons. The van der Waals surface area contributed by atoms with Crippen LogP contribution in [-0.2, 0) is 14.6 Å². The van der Waals surface area contributed by atoms with Crippen molar-refractivity contribution in [1.29, 1.82) is 0 Å². The Kier molecular flexibility index (Phi) is 29.3. The van der Waals surface area contributed by atoms with E-state index in [4.69, 9.17) is 8.74 Å². The first-order valence-electron chi connectivity index (χ1n) is 16.8. The topological polar surface area (TPSA) is 63.6 Å². The lowest BCUT2D eigenvalue weighted by molar-refractivity contribution is 0.234. The summed E-state index contributed by atoms with van der Waals surface area (Å²) < 4.78 is 35.7. The first-order valence-corrected chi connectivity index (χ1v) is 18.1. The Balaban J connectivity index is 3.76. The number of hydrogen-bond acceptors (Lipinski definition) is 3. The van der Waals surface area contributed by atoms with Crippen LogP contribution in [0.2, 0.25) is 0 Å². The fourth-order valence-corrected chi connectivity index (χ4v) is 5.57. The molecule has 0 aromatic rings. The zero-order valence-corrected chi connectivity index (χ0v) is 26.4. The van der Waals surface area contributed by atoms with Crippen molar-refractivity contribution in [1.82, 2.24) is 0 Å². The van der Waals surface area contributed by atoms with E-state index in [0.29, 0.717) is 0 Å². The molecular weight excluding hydrogens is 492 g/mol. The lowest BCUT2D eigenvalue weighted by Crippen LogP contribution is -2.12. The number of hydrogen-bond donors (Lipinski definition) is 1. The van der Waals surface area contributed by atoms with Crippen LogP contribution in [0.1, 0.15) is 187 Å². The molecule has 1 atom stereocenters. The van der Waals surface area contributed by atoms with Crippen molar-refractivity contribution >= 4 is 10.4 Å². The van der Waals surface area contributed by atoms with Gasteiger partial charge in [0.25, 0.3) is 0 Å². The third-order valence-electron chi connectivity index (χ3n) is 7.74. The highest BCUT2D eigenvalue weighted by molar-refractivity contribution is 7.80. The highest BCUT2D eigenvalue weighted by atomic mass is 32.3. The summed E-state index contributed by atoms with van der Waals surface area (Å²) in [6.45, 7) is 4.58. The second kappa shape index (κ2) is 29.6. The first-order chi connectivity index (χ1) is 18.5. The molecule has 5 heteroatoms. The van der Waals surface area contributed by atoms with Gasteiger partial charge in [-0.2, -0.15) is 8.42 Å². The zero-order chi connectivity index (χ0) is 28.0. The smallest absolute Gasteiger partial charge is 0.264 e. The van der Waals surface area contributed by atoms with Crippen LogP contribution in [0.25, 0.3) is 0 Å². The van der Waals surface area contributed by atoms with Crippen molar-refractivity contribution < 1.29 is 17.2 Å². The van der Waals surface area contributed by atoms with Crippen molar-refractivity contribution in [2.45, 2.75) is 187 Å². The minimum absolute atomic E-state index is 0.0475. The van der Waals surface area contributed by atoms with Crippen molar-refractivity contribution in [2.75, 3.05) is 6.61 Å². The summed E-state index contributed by atoms with van der Waals surface area (Å²) in [6, 6.07) is 0. The molecule has 0 aromatic heterocycles. The number of allylic oxidation sites excluding steroid dienone is 1. The van der Waals surface area contributed by atoms with E-state index in [9.17, 15) is 8.42 Å². The maximum Gasteiger partial charge on any atom is 0.397 e. The molecule has 0 saturated carbocycles. The predicted molar refractivity (Wildman–Crippen MR) is 166 cm³/mol. The average Bonchev–Trinajstić information content (AvgIpc) is 2.89. The Labute approximate surface area is 239 Å². The molecule has 38 heavy (non-hydrogen) atoms. The predicted octanol–water partition coefficient (Wildman–Crippen LogP) is 11.6. The normalized spacial score (nSPS) is 13.0. The van der Waals surface area contributed by atoms with Crippen LogP contribution in [0.4, 0.5) is 0 Å². The molecule has 4 nitrogen and oxygen atoms in total. The molecule has 0 radical (unpaired) electrons. The molecule has 0 heterocycles. The van der Waals surface area contributed by atoms with Crippen LogP contribution in [0.15, 0.2) is 12.2 Å². The van der Waals surface area contributed by atoms with Crippen LogP contribution in [0.3, 0.4) is 0 Å². The minimum atomic E-state index is -4.37. The van der Waals surface area contributed by atoms with E-state index in [1.807, 2.05) is 0 Å². The molecule has 0 saturated heterocycles. The second-order valence-electron chi connectivity index (χ2n) is 11.6. The Morgan fingerprint density at radius 1 is 0.553 bits per heavy atom. The fraction of sp³-hybridized carbons (Fsp3) is 0.939. The average molecular weight is 559 g/mol. The summed E-state index contributed by atoms with van der Waals surface area (Å²) in [5.74, 6) is 0.0575. The minimum Gasteiger partial charge on any atom is -0.264 e. The Morgan fingerprint density at radius 3 is 1.26 bits per heavy atom. The zero-order valence-electron chi connectivity index (χ0n) is 25.6. The molecule has 0 bridgehead atoms. The molecule has 0 spiro atoms. The van der Waals surface area contributed by atoms with Crippen LogP contribution >= 0.6 is 0 Å². The molecule has 0 aliphatic heterocycles. The van der Waals surface area contributed by atoms with E-state index in [1.165, 1.54) is 154 Å². The summed E-state index contributed by atoms with van der Waals surface area (Å²) in [5, 5.41) is 0. The summed E-state index contributed by atoms with van der Waals surface area (Å²) in [5.41, 5.74) is 0. The Hall–Kier alpha value is -0.390. The maximum atomic E-state index is 11.0. The molecule has 0 aliphatic rings. The SMILES string of the molecule is CCCCCCCCCCC/C=C/C(CCCCCCCCCCCCCCCCCC)COS(=O)(=O)O. The third-order valence-corrected chi connectivity index (χ3v) is 8.18. The molecule has 1 unspecified atom stereocenters. The molecule has 0 rings (SSSR count). The molecule has 0 amide bonds. The highest BCUT2D eigenvalue weighted by Crippen LogP contribution is 2.18. The molecule has 0 aliphatic carbocycles. The van der Waals surface area contributed by atoms with E-state index in [1.54, 1.807) is 0 Å². The van der Waals surface area contributed by atoms with Gasteiger partial charge >= 0.3 is 10.4 Å². The van der Waals surface area contributed by atoms with Crippen molar-refractivity contribution in [3.63, 3.8) is 0 Å². The summed E-state index contributed by atoms with van der Waals surface area (Å²) in [6.07, 6.45) is 39.8. The fourth-order valence-electron chi connectivity index (χ4n) is 5.22. The summed E-state index contributed by atoms with van der Waals surface area (Å²) in [4.78, 5) is 0. The Morgan fingerprint density at radius 2 is 0.895 bits per heavy atom. The summed E-state index contributed by atoms with van der Waals surface area (Å²) in [7, 11) is -4.37. The van der Waals surface area contributed by atoms with E-state index in [2.05, 4.69) is 26.0 Å². The lowest BCUT2D eigenvalue weighted by atomic mass is 9.99. The quantitative estimate of drug-likeness (QED) is 0.0522. The highest BCUT2D eigenvalue weighted by Gasteiger charge is 2.11. The molecule has 0 aromatic carbocycles. The van der Waals surface area contributed by atoms with Crippen molar-refractivity contribution in [2.24, 2.45) is 5.92 Å². The molecular formula is C33H66O4S. The van der Waals surface area contributed by atoms with Crippen LogP contribution in [0.5, 0.6) is 0 Å². The first kappa shape index (κ1) is 37.6. The maximum absolute atomic E-state index is 11.0. The van der Waals surface area contributed by atoms with Crippen molar-refractivity contribution in [3.8, 4) is 0 Å². The van der Waals surface area contributed by atoms with Gasteiger partial charge in [0.05, 0.1) is 6.61 Å². The van der Waals surface area contributed by atoms with Crippen LogP contribution in [0, 0.1) is 5.92 Å². The van der Waals surface area contributed by atoms with Gasteiger partial charge in [0, 0.05) is 5.92 Å². The number of rotatable bonds is 31. The molecule has 1 N–H and O–H groups in total. The van der Waals surface area contributed by atoms with Crippen LogP contribution < -0.4 is 0 Å². The molecule has 0 fully saturated rings. The number of unbranched alkanes of at least 4 members (excludes halogenated alkanes) is 24. The van der Waals surface area contributed by atoms with Gasteiger partial charge in [-0.05, 0) is 19.3 Å². The monoisotopic (exact) mass is 558 g/mol. The van der Waals surface area contributed by atoms with Gasteiger partial charge in [0.15, 0.2) is 0 Å². The van der Waals surface area contributed by atoms with Gasteiger partial charge in [-0.15, -0.1) is 0 Å². The third kappa shape index (κ3) is 31.8. The van der Waals surface area contributed by atoms with E-state index >= 15 is 0 Å². The standard InChI is InChI=1S/C33H66O4S/c1-3-5-7-9-11-13-15-16-17-18-19-21-23-25-27-29-31-33(32-37-38(34,35)36)30-28-26-24-22-20-14-12-10-8-6-4-2/h28,30,33H,3-27,29,31-32H2,1-2H3,(H,34,35,36)/b30-28+.